The molecule has 0 aliphatic carbocycles. The molecule has 1 aromatic carbocycles. The van der Waals surface area contributed by atoms with Crippen molar-refractivity contribution in [3.8, 4) is 5.75 Å². The standard InChI is InChI=1S/C14H19ClN2O2/c1-3-19-12-6-4-9(8-10(12)15)14-11(16)5-7-13(18)17(14)2/h4,6,8,11,14H,3,5,7,16H2,1-2H3. The van der Waals surface area contributed by atoms with E-state index in [9.17, 15) is 4.79 Å². The molecule has 19 heavy (non-hydrogen) atoms. The molecule has 2 N–H and O–H groups in total. The minimum absolute atomic E-state index is 0.0586. The maximum atomic E-state index is 11.8. The summed E-state index contributed by atoms with van der Waals surface area (Å²) in [5.41, 5.74) is 7.10. The van der Waals surface area contributed by atoms with Crippen molar-refractivity contribution in [1.29, 1.82) is 0 Å². The molecule has 104 valence electrons. The molecule has 1 aliphatic rings. The molecule has 1 fully saturated rings. The molecule has 0 saturated carbocycles. The molecule has 0 bridgehead atoms. The minimum atomic E-state index is -0.116. The van der Waals surface area contributed by atoms with Crippen LogP contribution in [0.3, 0.4) is 0 Å². The van der Waals surface area contributed by atoms with Gasteiger partial charge in [-0.05, 0) is 31.0 Å². The van der Waals surface area contributed by atoms with Gasteiger partial charge in [-0.1, -0.05) is 17.7 Å². The Morgan fingerprint density at radius 3 is 2.89 bits per heavy atom. The van der Waals surface area contributed by atoms with E-state index in [1.807, 2.05) is 25.1 Å². The Balaban J connectivity index is 2.29. The minimum Gasteiger partial charge on any atom is -0.492 e. The van der Waals surface area contributed by atoms with Crippen LogP contribution in [-0.4, -0.2) is 30.5 Å². The molecule has 5 heteroatoms. The van der Waals surface area contributed by atoms with Gasteiger partial charge in [0.15, 0.2) is 0 Å². The number of carbonyl (C=O) groups excluding carboxylic acids is 1. The molecule has 0 aromatic heterocycles. The molecule has 2 atom stereocenters. The zero-order valence-corrected chi connectivity index (χ0v) is 12.0. The van der Waals surface area contributed by atoms with Gasteiger partial charge in [-0.15, -0.1) is 0 Å². The van der Waals surface area contributed by atoms with Gasteiger partial charge in [0.25, 0.3) is 0 Å². The van der Waals surface area contributed by atoms with Gasteiger partial charge in [0.05, 0.1) is 17.7 Å². The molecule has 1 amide bonds. The van der Waals surface area contributed by atoms with Gasteiger partial charge in [0, 0.05) is 19.5 Å². The fourth-order valence-electron chi connectivity index (χ4n) is 2.51. The lowest BCUT2D eigenvalue weighted by Gasteiger charge is -2.37. The highest BCUT2D eigenvalue weighted by molar-refractivity contribution is 6.32. The van der Waals surface area contributed by atoms with Gasteiger partial charge in [-0.3, -0.25) is 4.79 Å². The van der Waals surface area contributed by atoms with Crippen molar-refractivity contribution in [2.75, 3.05) is 13.7 Å². The molecular weight excluding hydrogens is 264 g/mol. The summed E-state index contributed by atoms with van der Waals surface area (Å²) >= 11 is 6.19. The number of carbonyl (C=O) groups is 1. The van der Waals surface area contributed by atoms with Gasteiger partial charge >= 0.3 is 0 Å². The first kappa shape index (κ1) is 14.2. The Hall–Kier alpha value is -1.26. The summed E-state index contributed by atoms with van der Waals surface area (Å²) in [5, 5.41) is 0.554. The van der Waals surface area contributed by atoms with E-state index in [1.165, 1.54) is 0 Å². The molecule has 1 aliphatic heterocycles. The van der Waals surface area contributed by atoms with Crippen molar-refractivity contribution in [1.82, 2.24) is 4.90 Å². The lowest BCUT2D eigenvalue weighted by molar-refractivity contribution is -0.135. The molecular formula is C14H19ClN2O2. The Morgan fingerprint density at radius 2 is 2.26 bits per heavy atom. The highest BCUT2D eigenvalue weighted by Crippen LogP contribution is 2.34. The number of likely N-dealkylation sites (N-methyl/N-ethyl adjacent to an activating group) is 1. The van der Waals surface area contributed by atoms with E-state index in [-0.39, 0.29) is 18.0 Å². The number of hydrogen-bond donors (Lipinski definition) is 1. The maximum absolute atomic E-state index is 11.8. The number of nitrogens with two attached hydrogens (primary N) is 1. The van der Waals surface area contributed by atoms with Crippen LogP contribution >= 0.6 is 11.6 Å². The third kappa shape index (κ3) is 2.85. The van der Waals surface area contributed by atoms with Crippen LogP contribution in [0, 0.1) is 0 Å². The lowest BCUT2D eigenvalue weighted by atomic mass is 9.91. The van der Waals surface area contributed by atoms with Crippen molar-refractivity contribution in [3.63, 3.8) is 0 Å². The maximum Gasteiger partial charge on any atom is 0.222 e. The monoisotopic (exact) mass is 282 g/mol. The zero-order chi connectivity index (χ0) is 14.0. The predicted molar refractivity (Wildman–Crippen MR) is 75.3 cm³/mol. The van der Waals surface area contributed by atoms with Crippen LogP contribution in [0.2, 0.25) is 5.02 Å². The summed E-state index contributed by atoms with van der Waals surface area (Å²) < 4.78 is 5.41. The smallest absolute Gasteiger partial charge is 0.222 e. The van der Waals surface area contributed by atoms with E-state index in [2.05, 4.69) is 0 Å². The Morgan fingerprint density at radius 1 is 1.53 bits per heavy atom. The number of benzene rings is 1. The van der Waals surface area contributed by atoms with E-state index in [1.54, 1.807) is 11.9 Å². The summed E-state index contributed by atoms with van der Waals surface area (Å²) in [5.74, 6) is 0.781. The molecule has 1 aromatic rings. The Bertz CT molecular complexity index is 479. The van der Waals surface area contributed by atoms with Gasteiger partial charge in [-0.25, -0.2) is 0 Å². The van der Waals surface area contributed by atoms with Gasteiger partial charge in [0.1, 0.15) is 5.75 Å². The van der Waals surface area contributed by atoms with Crippen LogP contribution in [0.25, 0.3) is 0 Å². The topological polar surface area (TPSA) is 55.6 Å². The summed E-state index contributed by atoms with van der Waals surface area (Å²) in [6.45, 7) is 2.48. The molecule has 4 nitrogen and oxygen atoms in total. The van der Waals surface area contributed by atoms with E-state index >= 15 is 0 Å². The number of nitrogens with zero attached hydrogens (tertiary/aromatic N) is 1. The van der Waals surface area contributed by atoms with Crippen molar-refractivity contribution >= 4 is 17.5 Å². The van der Waals surface area contributed by atoms with Crippen molar-refractivity contribution in [2.24, 2.45) is 5.73 Å². The summed E-state index contributed by atoms with van der Waals surface area (Å²) in [6, 6.07) is 5.43. The van der Waals surface area contributed by atoms with Crippen molar-refractivity contribution in [2.45, 2.75) is 31.8 Å². The van der Waals surface area contributed by atoms with Crippen molar-refractivity contribution in [3.05, 3.63) is 28.8 Å². The molecule has 2 rings (SSSR count). The highest BCUT2D eigenvalue weighted by Gasteiger charge is 2.32. The molecule has 1 heterocycles. The first-order chi connectivity index (χ1) is 9.04. The van der Waals surface area contributed by atoms with Crippen molar-refractivity contribution < 1.29 is 9.53 Å². The number of halogens is 1. The fourth-order valence-corrected chi connectivity index (χ4v) is 2.75. The number of hydrogen-bond acceptors (Lipinski definition) is 3. The quantitative estimate of drug-likeness (QED) is 0.926. The van der Waals surface area contributed by atoms with Crippen LogP contribution in [0.4, 0.5) is 0 Å². The summed E-state index contributed by atoms with van der Waals surface area (Å²) in [6.07, 6.45) is 1.22. The van der Waals surface area contributed by atoms with Crippen LogP contribution in [-0.2, 0) is 4.79 Å². The number of ether oxygens (including phenoxy) is 1. The van der Waals surface area contributed by atoms with Gasteiger partial charge in [-0.2, -0.15) is 0 Å². The third-order valence-corrected chi connectivity index (χ3v) is 3.80. The second-order valence-electron chi connectivity index (χ2n) is 4.77. The van der Waals surface area contributed by atoms with E-state index in [0.29, 0.717) is 30.2 Å². The number of likely N-dealkylation sites (tertiary alicyclic amines) is 1. The SMILES string of the molecule is CCOc1ccc(C2C(N)CCC(=O)N2C)cc1Cl. The predicted octanol–water partition coefficient (Wildman–Crippen LogP) is 2.36. The highest BCUT2D eigenvalue weighted by atomic mass is 35.5. The summed E-state index contributed by atoms with van der Waals surface area (Å²) in [4.78, 5) is 13.5. The largest absolute Gasteiger partial charge is 0.492 e. The lowest BCUT2D eigenvalue weighted by Crippen LogP contribution is -2.46. The normalized spacial score (nSPS) is 23.6. The average molecular weight is 283 g/mol. The molecule has 2 unspecified atom stereocenters. The molecule has 1 saturated heterocycles. The first-order valence-electron chi connectivity index (χ1n) is 6.48. The Kier molecular flexibility index (Phi) is 4.32. The van der Waals surface area contributed by atoms with E-state index < -0.39 is 0 Å². The number of amides is 1. The zero-order valence-electron chi connectivity index (χ0n) is 11.2. The molecule has 0 radical (unpaired) electrons. The van der Waals surface area contributed by atoms with E-state index in [4.69, 9.17) is 22.1 Å². The number of rotatable bonds is 3. The van der Waals surface area contributed by atoms with Gasteiger partial charge < -0.3 is 15.4 Å². The van der Waals surface area contributed by atoms with Crippen LogP contribution in [0.15, 0.2) is 18.2 Å². The van der Waals surface area contributed by atoms with Crippen LogP contribution in [0.1, 0.15) is 31.4 Å². The first-order valence-corrected chi connectivity index (χ1v) is 6.86. The average Bonchev–Trinajstić information content (AvgIpc) is 2.38. The summed E-state index contributed by atoms with van der Waals surface area (Å²) in [7, 11) is 1.79. The van der Waals surface area contributed by atoms with Crippen LogP contribution in [0.5, 0.6) is 5.75 Å². The second kappa shape index (κ2) is 5.80. The van der Waals surface area contributed by atoms with Crippen LogP contribution < -0.4 is 10.5 Å². The van der Waals surface area contributed by atoms with Gasteiger partial charge in [0.2, 0.25) is 5.91 Å². The van der Waals surface area contributed by atoms with E-state index in [0.717, 1.165) is 5.56 Å². The number of piperidine rings is 1. The Labute approximate surface area is 118 Å². The fraction of sp³-hybridized carbons (Fsp3) is 0.500. The molecule has 0 spiro atoms. The second-order valence-corrected chi connectivity index (χ2v) is 5.18. The third-order valence-electron chi connectivity index (χ3n) is 3.51.